The Bertz CT molecular complexity index is 1570. The zero-order valence-corrected chi connectivity index (χ0v) is 22.9. The van der Waals surface area contributed by atoms with Crippen LogP contribution in [0.2, 0.25) is 0 Å². The van der Waals surface area contributed by atoms with Gasteiger partial charge in [-0.15, -0.1) is 0 Å². The van der Waals surface area contributed by atoms with Crippen LogP contribution in [0.25, 0.3) is 27.1 Å². The standard InChI is InChI=1S/C32H34N6O2/c1-21(23-12-10-22(11-13-23)16-25-8-5-9-29(25)39)32(40)37-15-14-27-30(34-20-35-31(27)37)26-17-36-38(19-26)28(18-33-2)24-6-3-4-7-24/h10-15,17,19-21,24-25,28H,3-9,16,18H2,1H3/t21?,25?,28-/m1/s1. The van der Waals surface area contributed by atoms with Gasteiger partial charge < -0.3 is 4.85 Å². The van der Waals surface area contributed by atoms with E-state index in [0.717, 1.165) is 59.9 Å². The summed E-state index contributed by atoms with van der Waals surface area (Å²) in [6.07, 6.45) is 15.2. The number of carbonyl (C=O) groups excluding carboxylic acids is 2. The van der Waals surface area contributed by atoms with Gasteiger partial charge in [-0.1, -0.05) is 37.1 Å². The molecule has 4 aromatic rings. The second-order valence-corrected chi connectivity index (χ2v) is 11.4. The van der Waals surface area contributed by atoms with E-state index in [2.05, 4.69) is 19.9 Å². The summed E-state index contributed by atoms with van der Waals surface area (Å²) < 4.78 is 3.55. The van der Waals surface area contributed by atoms with E-state index < -0.39 is 0 Å². The summed E-state index contributed by atoms with van der Waals surface area (Å²) >= 11 is 0. The number of benzene rings is 1. The van der Waals surface area contributed by atoms with Crippen molar-refractivity contribution in [3.8, 4) is 11.3 Å². The van der Waals surface area contributed by atoms with Crippen molar-refractivity contribution in [3.63, 3.8) is 0 Å². The summed E-state index contributed by atoms with van der Waals surface area (Å²) in [5.74, 6) is 0.565. The predicted molar refractivity (Wildman–Crippen MR) is 153 cm³/mol. The molecular weight excluding hydrogens is 500 g/mol. The highest BCUT2D eigenvalue weighted by atomic mass is 16.2. The number of aromatic nitrogens is 5. The first kappa shape index (κ1) is 26.1. The first-order chi connectivity index (χ1) is 19.5. The van der Waals surface area contributed by atoms with E-state index in [1.54, 1.807) is 17.0 Å². The molecule has 0 spiro atoms. The Kier molecular flexibility index (Phi) is 7.29. The number of carbonyl (C=O) groups is 2. The summed E-state index contributed by atoms with van der Waals surface area (Å²) in [6, 6.07) is 10.1. The lowest BCUT2D eigenvalue weighted by Crippen LogP contribution is -2.20. The smallest absolute Gasteiger partial charge is 0.239 e. The Morgan fingerprint density at radius 1 is 1.10 bits per heavy atom. The molecule has 40 heavy (non-hydrogen) atoms. The number of rotatable bonds is 8. The Hall–Kier alpha value is -4.12. The van der Waals surface area contributed by atoms with E-state index in [9.17, 15) is 9.59 Å². The average molecular weight is 535 g/mol. The predicted octanol–water partition coefficient (Wildman–Crippen LogP) is 6.30. The molecule has 2 unspecified atom stereocenters. The van der Waals surface area contributed by atoms with Gasteiger partial charge in [-0.25, -0.2) is 16.5 Å². The van der Waals surface area contributed by atoms with Crippen LogP contribution in [-0.4, -0.2) is 42.6 Å². The maximum atomic E-state index is 13.6. The van der Waals surface area contributed by atoms with E-state index in [0.29, 0.717) is 30.3 Å². The normalized spacial score (nSPS) is 19.2. The molecule has 2 aliphatic rings. The molecule has 3 atom stereocenters. The number of fused-ring (bicyclic) bond motifs is 1. The fourth-order valence-corrected chi connectivity index (χ4v) is 6.57. The highest BCUT2D eigenvalue weighted by molar-refractivity contribution is 5.98. The van der Waals surface area contributed by atoms with E-state index in [-0.39, 0.29) is 23.8 Å². The minimum absolute atomic E-state index is 0.0626. The van der Waals surface area contributed by atoms with E-state index in [1.165, 1.54) is 19.2 Å². The third kappa shape index (κ3) is 4.97. The van der Waals surface area contributed by atoms with E-state index in [1.807, 2.05) is 48.1 Å². The van der Waals surface area contributed by atoms with Crippen LogP contribution in [0.4, 0.5) is 0 Å². The monoisotopic (exact) mass is 534 g/mol. The molecule has 2 fully saturated rings. The minimum Gasteiger partial charge on any atom is -0.315 e. The van der Waals surface area contributed by atoms with Gasteiger partial charge in [0, 0.05) is 35.7 Å². The molecule has 1 aromatic carbocycles. The van der Waals surface area contributed by atoms with Gasteiger partial charge in [0.25, 0.3) is 0 Å². The van der Waals surface area contributed by atoms with Crippen molar-refractivity contribution in [1.82, 2.24) is 24.3 Å². The Morgan fingerprint density at radius 3 is 2.62 bits per heavy atom. The van der Waals surface area contributed by atoms with Crippen molar-refractivity contribution in [2.75, 3.05) is 6.54 Å². The summed E-state index contributed by atoms with van der Waals surface area (Å²) in [7, 11) is 0. The lowest BCUT2D eigenvalue weighted by molar-refractivity contribution is -0.120. The lowest BCUT2D eigenvalue weighted by atomic mass is 9.94. The van der Waals surface area contributed by atoms with Crippen LogP contribution in [-0.2, 0) is 11.2 Å². The van der Waals surface area contributed by atoms with Gasteiger partial charge >= 0.3 is 0 Å². The van der Waals surface area contributed by atoms with Crippen LogP contribution >= 0.6 is 0 Å². The van der Waals surface area contributed by atoms with E-state index in [4.69, 9.17) is 6.57 Å². The molecule has 6 rings (SSSR count). The molecule has 204 valence electrons. The van der Waals surface area contributed by atoms with Gasteiger partial charge in [0.2, 0.25) is 12.5 Å². The van der Waals surface area contributed by atoms with Gasteiger partial charge in [-0.3, -0.25) is 18.8 Å². The number of hydrogen-bond donors (Lipinski definition) is 0. The van der Waals surface area contributed by atoms with E-state index >= 15 is 0 Å². The summed E-state index contributed by atoms with van der Waals surface area (Å²) in [4.78, 5) is 38.3. The van der Waals surface area contributed by atoms with Crippen molar-refractivity contribution in [2.45, 2.75) is 70.3 Å². The highest BCUT2D eigenvalue weighted by Gasteiger charge is 2.30. The molecule has 0 aliphatic heterocycles. The topological polar surface area (TPSA) is 87.0 Å². The third-order valence-corrected chi connectivity index (χ3v) is 8.92. The molecule has 0 radical (unpaired) electrons. The molecule has 0 N–H and O–H groups in total. The van der Waals surface area contributed by atoms with Crippen molar-refractivity contribution in [2.24, 2.45) is 11.8 Å². The Morgan fingerprint density at radius 2 is 1.90 bits per heavy atom. The molecule has 0 bridgehead atoms. The Balaban J connectivity index is 1.22. The highest BCUT2D eigenvalue weighted by Crippen LogP contribution is 2.36. The summed E-state index contributed by atoms with van der Waals surface area (Å²) in [5, 5.41) is 5.43. The zero-order chi connectivity index (χ0) is 27.6. The van der Waals surface area contributed by atoms with Crippen LogP contribution < -0.4 is 0 Å². The zero-order valence-electron chi connectivity index (χ0n) is 22.9. The second kappa shape index (κ2) is 11.2. The SMILES string of the molecule is [C-]#[N+]C[C@H](C1CCCC1)n1cc(-c2ncnc3c2ccn3C(=O)C(C)c2ccc(CC3CCCC3=O)cc2)cn1. The fraction of sp³-hybridized carbons (Fsp3) is 0.438. The molecule has 8 heteroatoms. The van der Waals surface area contributed by atoms with Crippen LogP contribution in [0.3, 0.4) is 0 Å². The van der Waals surface area contributed by atoms with Gasteiger partial charge in [0.05, 0.1) is 17.8 Å². The number of ketones is 1. The van der Waals surface area contributed by atoms with Crippen molar-refractivity contribution in [3.05, 3.63) is 77.8 Å². The van der Waals surface area contributed by atoms with Gasteiger partial charge in [0.1, 0.15) is 18.2 Å². The first-order valence-corrected chi connectivity index (χ1v) is 14.4. The fourth-order valence-electron chi connectivity index (χ4n) is 6.57. The molecule has 3 aromatic heterocycles. The largest absolute Gasteiger partial charge is 0.315 e. The molecular formula is C32H34N6O2. The molecule has 2 aliphatic carbocycles. The van der Waals surface area contributed by atoms with Crippen molar-refractivity contribution in [1.29, 1.82) is 0 Å². The van der Waals surface area contributed by atoms with Crippen LogP contribution in [0.15, 0.2) is 55.2 Å². The summed E-state index contributed by atoms with van der Waals surface area (Å²) in [6.45, 7) is 9.78. The number of hydrogen-bond acceptors (Lipinski definition) is 5. The average Bonchev–Trinajstić information content (AvgIpc) is 3.79. The Labute approximate surface area is 234 Å². The molecule has 0 amide bonds. The van der Waals surface area contributed by atoms with Crippen molar-refractivity contribution >= 4 is 22.7 Å². The summed E-state index contributed by atoms with van der Waals surface area (Å²) in [5.41, 5.74) is 4.23. The molecule has 8 nitrogen and oxygen atoms in total. The lowest BCUT2D eigenvalue weighted by Gasteiger charge is -2.18. The van der Waals surface area contributed by atoms with Gasteiger partial charge in [-0.2, -0.15) is 5.10 Å². The molecule has 0 saturated heterocycles. The maximum absolute atomic E-state index is 13.6. The van der Waals surface area contributed by atoms with Gasteiger partial charge in [-0.05, 0) is 62.1 Å². The maximum Gasteiger partial charge on any atom is 0.239 e. The number of Topliss-reactive ketones (excluding diaryl/α,β-unsaturated/α-hetero) is 1. The van der Waals surface area contributed by atoms with Gasteiger partial charge in [0.15, 0.2) is 5.65 Å². The van der Waals surface area contributed by atoms with Crippen LogP contribution in [0.5, 0.6) is 0 Å². The van der Waals surface area contributed by atoms with Crippen LogP contribution in [0.1, 0.15) is 79.8 Å². The third-order valence-electron chi connectivity index (χ3n) is 8.92. The quantitative estimate of drug-likeness (QED) is 0.248. The molecule has 3 heterocycles. The first-order valence-electron chi connectivity index (χ1n) is 14.4. The second-order valence-electron chi connectivity index (χ2n) is 11.4. The van der Waals surface area contributed by atoms with Crippen LogP contribution in [0, 0.1) is 18.4 Å². The minimum atomic E-state index is -0.361. The number of nitrogens with zero attached hydrogens (tertiary/aromatic N) is 6. The molecule has 2 saturated carbocycles. The van der Waals surface area contributed by atoms with Crippen molar-refractivity contribution < 1.29 is 9.59 Å².